The lowest BCUT2D eigenvalue weighted by molar-refractivity contribution is 0.0521. The quantitative estimate of drug-likeness (QED) is 0.787. The number of H-pyrrole nitrogens is 1. The Kier molecular flexibility index (Phi) is 3.31. The standard InChI is InChI=1S/C11H15N5O2/c1-3-18-11(17)9-10(12)16(6-13-9)7(2)8-4-14-15-5-8/h4-7H,3,12H2,1-2H3,(H,14,15). The van der Waals surface area contributed by atoms with E-state index in [0.29, 0.717) is 12.4 Å². The highest BCUT2D eigenvalue weighted by Crippen LogP contribution is 2.22. The second kappa shape index (κ2) is 4.91. The summed E-state index contributed by atoms with van der Waals surface area (Å²) in [5.41, 5.74) is 7.01. The average Bonchev–Trinajstić information content (AvgIpc) is 2.97. The predicted molar refractivity (Wildman–Crippen MR) is 65.0 cm³/mol. The topological polar surface area (TPSA) is 98.8 Å². The van der Waals surface area contributed by atoms with Crippen LogP contribution in [0.25, 0.3) is 0 Å². The predicted octanol–water partition coefficient (Wildman–Crippen LogP) is 0.974. The number of nitrogen functional groups attached to an aromatic ring is 1. The van der Waals surface area contributed by atoms with Crippen molar-refractivity contribution in [3.8, 4) is 0 Å². The monoisotopic (exact) mass is 249 g/mol. The Morgan fingerprint density at radius 2 is 2.44 bits per heavy atom. The molecule has 0 spiro atoms. The van der Waals surface area contributed by atoms with Crippen molar-refractivity contribution in [2.75, 3.05) is 12.3 Å². The van der Waals surface area contributed by atoms with Crippen LogP contribution >= 0.6 is 0 Å². The third-order valence-corrected chi connectivity index (χ3v) is 2.72. The number of rotatable bonds is 4. The summed E-state index contributed by atoms with van der Waals surface area (Å²) in [5, 5.41) is 6.61. The minimum atomic E-state index is -0.506. The van der Waals surface area contributed by atoms with Gasteiger partial charge in [-0.1, -0.05) is 0 Å². The largest absolute Gasteiger partial charge is 0.461 e. The molecule has 0 saturated carbocycles. The lowest BCUT2D eigenvalue weighted by Crippen LogP contribution is -2.12. The molecule has 18 heavy (non-hydrogen) atoms. The molecule has 0 fully saturated rings. The van der Waals surface area contributed by atoms with Gasteiger partial charge in [-0.05, 0) is 13.8 Å². The van der Waals surface area contributed by atoms with E-state index in [1.165, 1.54) is 6.33 Å². The fraction of sp³-hybridized carbons (Fsp3) is 0.364. The Morgan fingerprint density at radius 3 is 3.06 bits per heavy atom. The average molecular weight is 249 g/mol. The summed E-state index contributed by atoms with van der Waals surface area (Å²) in [6.45, 7) is 3.97. The first-order valence-corrected chi connectivity index (χ1v) is 5.63. The molecule has 1 atom stereocenters. The van der Waals surface area contributed by atoms with Gasteiger partial charge in [0.05, 0.1) is 25.2 Å². The van der Waals surface area contributed by atoms with Crippen molar-refractivity contribution in [1.29, 1.82) is 0 Å². The number of nitrogens with one attached hydrogen (secondary N) is 1. The number of aromatic nitrogens is 4. The molecule has 2 aromatic heterocycles. The zero-order valence-corrected chi connectivity index (χ0v) is 10.3. The summed E-state index contributed by atoms with van der Waals surface area (Å²) >= 11 is 0. The summed E-state index contributed by atoms with van der Waals surface area (Å²) in [7, 11) is 0. The molecule has 0 saturated heterocycles. The highest BCUT2D eigenvalue weighted by atomic mass is 16.5. The molecule has 2 aromatic rings. The third-order valence-electron chi connectivity index (χ3n) is 2.72. The molecule has 0 bridgehead atoms. The first-order chi connectivity index (χ1) is 8.65. The zero-order valence-electron chi connectivity index (χ0n) is 10.3. The second-order valence-corrected chi connectivity index (χ2v) is 3.81. The number of nitrogens with zero attached hydrogens (tertiary/aromatic N) is 3. The van der Waals surface area contributed by atoms with Crippen molar-refractivity contribution < 1.29 is 9.53 Å². The zero-order chi connectivity index (χ0) is 13.1. The molecular weight excluding hydrogens is 234 g/mol. The van der Waals surface area contributed by atoms with Crippen LogP contribution in [0.2, 0.25) is 0 Å². The molecular formula is C11H15N5O2. The minimum Gasteiger partial charge on any atom is -0.461 e. The van der Waals surface area contributed by atoms with Gasteiger partial charge in [0.15, 0.2) is 5.69 Å². The maximum absolute atomic E-state index is 11.6. The Labute approximate surface area is 104 Å². The number of hydrogen-bond donors (Lipinski definition) is 2. The van der Waals surface area contributed by atoms with Crippen molar-refractivity contribution in [2.45, 2.75) is 19.9 Å². The number of carbonyl (C=O) groups is 1. The lowest BCUT2D eigenvalue weighted by Gasteiger charge is -2.12. The van der Waals surface area contributed by atoms with Crippen LogP contribution in [0.15, 0.2) is 18.7 Å². The van der Waals surface area contributed by atoms with E-state index < -0.39 is 5.97 Å². The molecule has 2 rings (SSSR count). The molecule has 0 aliphatic carbocycles. The molecule has 96 valence electrons. The molecule has 0 amide bonds. The molecule has 2 heterocycles. The Balaban J connectivity index is 2.28. The maximum atomic E-state index is 11.6. The molecule has 0 radical (unpaired) electrons. The highest BCUT2D eigenvalue weighted by molar-refractivity contribution is 5.92. The molecule has 7 nitrogen and oxygen atoms in total. The van der Waals surface area contributed by atoms with Gasteiger partial charge in [-0.15, -0.1) is 0 Å². The normalized spacial score (nSPS) is 12.3. The number of esters is 1. The fourth-order valence-corrected chi connectivity index (χ4v) is 1.69. The number of ether oxygens (including phenoxy) is 1. The molecule has 0 aliphatic rings. The van der Waals surface area contributed by atoms with Gasteiger partial charge in [0.1, 0.15) is 5.82 Å². The lowest BCUT2D eigenvalue weighted by atomic mass is 10.2. The fourth-order valence-electron chi connectivity index (χ4n) is 1.69. The van der Waals surface area contributed by atoms with Crippen LogP contribution in [0.1, 0.15) is 35.9 Å². The molecule has 0 aliphatic heterocycles. The highest BCUT2D eigenvalue weighted by Gasteiger charge is 2.20. The SMILES string of the molecule is CCOC(=O)c1ncn(C(C)c2cn[nH]c2)c1N. The summed E-state index contributed by atoms with van der Waals surface area (Å²) < 4.78 is 6.58. The number of aromatic amines is 1. The van der Waals surface area contributed by atoms with Crippen molar-refractivity contribution in [1.82, 2.24) is 19.7 Å². The Hall–Kier alpha value is -2.31. The van der Waals surface area contributed by atoms with Crippen molar-refractivity contribution >= 4 is 11.8 Å². The van der Waals surface area contributed by atoms with E-state index in [0.717, 1.165) is 5.56 Å². The van der Waals surface area contributed by atoms with E-state index in [-0.39, 0.29) is 11.7 Å². The van der Waals surface area contributed by atoms with E-state index in [4.69, 9.17) is 10.5 Å². The van der Waals surface area contributed by atoms with Gasteiger partial charge in [-0.2, -0.15) is 5.10 Å². The Morgan fingerprint density at radius 1 is 1.67 bits per heavy atom. The smallest absolute Gasteiger partial charge is 0.360 e. The van der Waals surface area contributed by atoms with Crippen molar-refractivity contribution in [3.63, 3.8) is 0 Å². The van der Waals surface area contributed by atoms with E-state index in [1.54, 1.807) is 23.9 Å². The number of hydrogen-bond acceptors (Lipinski definition) is 5. The molecule has 1 unspecified atom stereocenters. The second-order valence-electron chi connectivity index (χ2n) is 3.81. The van der Waals surface area contributed by atoms with E-state index in [2.05, 4.69) is 15.2 Å². The van der Waals surface area contributed by atoms with Crippen LogP contribution in [0, 0.1) is 0 Å². The first-order valence-electron chi connectivity index (χ1n) is 5.63. The van der Waals surface area contributed by atoms with Gasteiger partial charge in [-0.3, -0.25) is 5.10 Å². The van der Waals surface area contributed by atoms with Crippen LogP contribution < -0.4 is 5.73 Å². The van der Waals surface area contributed by atoms with E-state index in [9.17, 15) is 4.79 Å². The van der Waals surface area contributed by atoms with Crippen LogP contribution in [0.4, 0.5) is 5.82 Å². The Bertz CT molecular complexity index is 532. The summed E-state index contributed by atoms with van der Waals surface area (Å²) in [4.78, 5) is 15.6. The van der Waals surface area contributed by atoms with Gasteiger partial charge in [0, 0.05) is 11.8 Å². The number of imidazole rings is 1. The van der Waals surface area contributed by atoms with Crippen LogP contribution in [-0.4, -0.2) is 32.3 Å². The van der Waals surface area contributed by atoms with Crippen molar-refractivity contribution in [2.24, 2.45) is 0 Å². The number of anilines is 1. The summed E-state index contributed by atoms with van der Waals surface area (Å²) in [5.74, 6) is -0.213. The van der Waals surface area contributed by atoms with Gasteiger partial charge < -0.3 is 15.0 Å². The van der Waals surface area contributed by atoms with Gasteiger partial charge >= 0.3 is 5.97 Å². The van der Waals surface area contributed by atoms with E-state index in [1.807, 2.05) is 6.92 Å². The summed E-state index contributed by atoms with van der Waals surface area (Å²) in [6, 6.07) is -0.0561. The van der Waals surface area contributed by atoms with Gasteiger partial charge in [0.25, 0.3) is 0 Å². The maximum Gasteiger partial charge on any atom is 0.360 e. The molecule has 3 N–H and O–H groups in total. The number of nitrogens with two attached hydrogens (primary N) is 1. The van der Waals surface area contributed by atoms with Crippen LogP contribution in [-0.2, 0) is 4.74 Å². The first kappa shape index (κ1) is 12.2. The van der Waals surface area contributed by atoms with Gasteiger partial charge in [-0.25, -0.2) is 9.78 Å². The number of carbonyl (C=O) groups excluding carboxylic acids is 1. The third kappa shape index (κ3) is 2.06. The van der Waals surface area contributed by atoms with Crippen LogP contribution in [0.3, 0.4) is 0 Å². The molecule has 0 aromatic carbocycles. The van der Waals surface area contributed by atoms with Crippen molar-refractivity contribution in [3.05, 3.63) is 30.0 Å². The summed E-state index contributed by atoms with van der Waals surface area (Å²) in [6.07, 6.45) is 5.00. The minimum absolute atomic E-state index is 0.0561. The van der Waals surface area contributed by atoms with Gasteiger partial charge in [0.2, 0.25) is 0 Å². The molecule has 7 heteroatoms. The van der Waals surface area contributed by atoms with E-state index >= 15 is 0 Å². The van der Waals surface area contributed by atoms with Crippen LogP contribution in [0.5, 0.6) is 0 Å².